The van der Waals surface area contributed by atoms with Gasteiger partial charge < -0.3 is 20.1 Å². The van der Waals surface area contributed by atoms with Crippen molar-refractivity contribution in [3.05, 3.63) is 66.6 Å². The van der Waals surface area contributed by atoms with E-state index in [1.807, 2.05) is 0 Å². The molecular weight excluding hydrogens is 506 g/mol. The largest absolute Gasteiger partial charge is 0.491 e. The maximum atomic E-state index is 14.3. The van der Waals surface area contributed by atoms with Crippen molar-refractivity contribution >= 4 is 34.0 Å². The Balaban J connectivity index is 1.37. The molecule has 5 rings (SSSR count). The van der Waals surface area contributed by atoms with Gasteiger partial charge in [0, 0.05) is 55.3 Å². The van der Waals surface area contributed by atoms with E-state index in [2.05, 4.69) is 30.5 Å². The fraction of sp³-hybridized carbons (Fsp3) is 0.286. The Morgan fingerprint density at radius 2 is 1.95 bits per heavy atom. The predicted molar refractivity (Wildman–Crippen MR) is 144 cm³/mol. The van der Waals surface area contributed by atoms with Crippen molar-refractivity contribution in [3.8, 4) is 17.0 Å². The van der Waals surface area contributed by atoms with Crippen LogP contribution in [0.1, 0.15) is 13.3 Å². The summed E-state index contributed by atoms with van der Waals surface area (Å²) in [6.45, 7) is 6.14. The Bertz CT molecular complexity index is 1480. The lowest BCUT2D eigenvalue weighted by Crippen LogP contribution is -2.37. The number of rotatable bonds is 9. The molecule has 1 aliphatic rings. The van der Waals surface area contributed by atoms with Gasteiger partial charge in [-0.05, 0) is 24.6 Å². The molecule has 2 aromatic carbocycles. The van der Waals surface area contributed by atoms with Crippen LogP contribution in [-0.4, -0.2) is 65.2 Å². The summed E-state index contributed by atoms with van der Waals surface area (Å²) in [7, 11) is 0. The van der Waals surface area contributed by atoms with Gasteiger partial charge in [0.15, 0.2) is 5.82 Å². The van der Waals surface area contributed by atoms with Crippen molar-refractivity contribution in [1.29, 1.82) is 0 Å². The van der Waals surface area contributed by atoms with Gasteiger partial charge in [-0.3, -0.25) is 14.7 Å². The van der Waals surface area contributed by atoms with Gasteiger partial charge in [-0.25, -0.2) is 18.7 Å². The van der Waals surface area contributed by atoms with Crippen LogP contribution in [0.5, 0.6) is 5.75 Å². The molecule has 1 saturated heterocycles. The van der Waals surface area contributed by atoms with E-state index in [4.69, 9.17) is 9.47 Å². The smallest absolute Gasteiger partial charge is 0.221 e. The van der Waals surface area contributed by atoms with Gasteiger partial charge in [0.1, 0.15) is 29.4 Å². The second-order valence-electron chi connectivity index (χ2n) is 9.11. The molecule has 39 heavy (non-hydrogen) atoms. The number of carbonyl (C=O) groups is 1. The summed E-state index contributed by atoms with van der Waals surface area (Å²) >= 11 is 0. The fourth-order valence-electron chi connectivity index (χ4n) is 4.39. The highest BCUT2D eigenvalue weighted by molar-refractivity contribution is 5.99. The first-order valence-corrected chi connectivity index (χ1v) is 12.6. The molecule has 0 saturated carbocycles. The molecule has 3 heterocycles. The average Bonchev–Trinajstić information content (AvgIpc) is 2.92. The van der Waals surface area contributed by atoms with Crippen LogP contribution in [0.15, 0.2) is 55.0 Å². The maximum Gasteiger partial charge on any atom is 0.221 e. The van der Waals surface area contributed by atoms with Crippen LogP contribution in [0, 0.1) is 11.6 Å². The molecule has 9 nitrogen and oxygen atoms in total. The zero-order valence-electron chi connectivity index (χ0n) is 21.4. The minimum Gasteiger partial charge on any atom is -0.491 e. The van der Waals surface area contributed by atoms with Crippen molar-refractivity contribution in [1.82, 2.24) is 19.9 Å². The summed E-state index contributed by atoms with van der Waals surface area (Å²) in [4.78, 5) is 26.9. The second-order valence-corrected chi connectivity index (χ2v) is 9.11. The van der Waals surface area contributed by atoms with E-state index in [1.165, 1.54) is 13.3 Å². The predicted octanol–water partition coefficient (Wildman–Crippen LogP) is 4.77. The van der Waals surface area contributed by atoms with E-state index in [9.17, 15) is 13.6 Å². The first-order chi connectivity index (χ1) is 19.0. The number of anilines is 3. The number of aromatic nitrogens is 3. The van der Waals surface area contributed by atoms with Gasteiger partial charge in [0.05, 0.1) is 37.2 Å². The number of nitrogens with zero attached hydrogens (tertiary/aromatic N) is 4. The maximum absolute atomic E-state index is 14.3. The molecule has 1 amide bonds. The van der Waals surface area contributed by atoms with E-state index < -0.39 is 11.6 Å². The molecule has 0 aliphatic carbocycles. The van der Waals surface area contributed by atoms with Gasteiger partial charge >= 0.3 is 0 Å². The van der Waals surface area contributed by atoms with Gasteiger partial charge in [-0.15, -0.1) is 0 Å². The summed E-state index contributed by atoms with van der Waals surface area (Å²) in [5.74, 6) is -0.731. The minimum atomic E-state index is -0.753. The Hall–Kier alpha value is -4.22. The number of fused-ring (bicyclic) bond motifs is 1. The van der Waals surface area contributed by atoms with Crippen molar-refractivity contribution in [2.24, 2.45) is 0 Å². The first kappa shape index (κ1) is 26.4. The molecule has 11 heteroatoms. The molecule has 4 aromatic rings. The van der Waals surface area contributed by atoms with E-state index in [0.29, 0.717) is 46.0 Å². The summed E-state index contributed by atoms with van der Waals surface area (Å²) in [5, 5.41) is 6.72. The average molecular weight is 535 g/mol. The molecule has 2 aromatic heterocycles. The van der Waals surface area contributed by atoms with Crippen LogP contribution < -0.4 is 15.4 Å². The molecule has 0 bridgehead atoms. The van der Waals surface area contributed by atoms with Gasteiger partial charge in [0.25, 0.3) is 0 Å². The molecule has 0 spiro atoms. The monoisotopic (exact) mass is 534 g/mol. The standard InChI is InChI=1S/C28H28F2N6O3/c1-18(37)34-25-14-22-24(15-26(25)39-9-3-6-36-7-10-38-11-8-36)32-17-33-28(22)35-21-5-2-4-19(12-21)27-23(30)13-20(29)16-31-27/h2,4-5,12-17H,3,6-11H2,1H3,(H,34,37)(H,32,33,35). The number of carbonyl (C=O) groups excluding carboxylic acids is 1. The molecule has 1 fully saturated rings. The van der Waals surface area contributed by atoms with Crippen molar-refractivity contribution in [3.63, 3.8) is 0 Å². The van der Waals surface area contributed by atoms with Crippen LogP contribution in [0.3, 0.4) is 0 Å². The number of morpholine rings is 1. The van der Waals surface area contributed by atoms with Crippen molar-refractivity contribution < 1.29 is 23.0 Å². The van der Waals surface area contributed by atoms with E-state index >= 15 is 0 Å². The number of benzene rings is 2. The normalized spacial score (nSPS) is 13.8. The summed E-state index contributed by atoms with van der Waals surface area (Å²) in [6.07, 6.45) is 3.23. The van der Waals surface area contributed by atoms with Crippen LogP contribution in [0.4, 0.5) is 26.0 Å². The molecule has 0 radical (unpaired) electrons. The first-order valence-electron chi connectivity index (χ1n) is 12.6. The van der Waals surface area contributed by atoms with Crippen LogP contribution in [-0.2, 0) is 9.53 Å². The Morgan fingerprint density at radius 3 is 2.74 bits per heavy atom. The summed E-state index contributed by atoms with van der Waals surface area (Å²) in [5.41, 5.74) is 2.25. The van der Waals surface area contributed by atoms with Crippen LogP contribution >= 0.6 is 0 Å². The van der Waals surface area contributed by atoms with Crippen molar-refractivity contribution in [2.45, 2.75) is 13.3 Å². The number of hydrogen-bond acceptors (Lipinski definition) is 8. The Morgan fingerprint density at radius 1 is 1.10 bits per heavy atom. The van der Waals surface area contributed by atoms with Crippen LogP contribution in [0.25, 0.3) is 22.2 Å². The number of nitrogens with one attached hydrogen (secondary N) is 2. The third kappa shape index (κ3) is 6.62. The highest BCUT2D eigenvalue weighted by Crippen LogP contribution is 2.34. The lowest BCUT2D eigenvalue weighted by Gasteiger charge is -2.26. The number of ether oxygens (including phenoxy) is 2. The van der Waals surface area contributed by atoms with Gasteiger partial charge in [-0.2, -0.15) is 0 Å². The highest BCUT2D eigenvalue weighted by atomic mass is 19.1. The SMILES string of the molecule is CC(=O)Nc1cc2c(Nc3cccc(-c4ncc(F)cc4F)c3)ncnc2cc1OCCCN1CCOCC1. The number of amides is 1. The summed E-state index contributed by atoms with van der Waals surface area (Å²) in [6, 6.07) is 11.2. The molecule has 2 N–H and O–H groups in total. The third-order valence-electron chi connectivity index (χ3n) is 6.23. The third-order valence-corrected chi connectivity index (χ3v) is 6.23. The molecule has 0 atom stereocenters. The highest BCUT2D eigenvalue weighted by Gasteiger charge is 2.15. The number of pyridine rings is 1. The second kappa shape index (κ2) is 12.1. The summed E-state index contributed by atoms with van der Waals surface area (Å²) < 4.78 is 39.1. The van der Waals surface area contributed by atoms with E-state index in [0.717, 1.165) is 51.5 Å². The lowest BCUT2D eigenvalue weighted by molar-refractivity contribution is -0.114. The topological polar surface area (TPSA) is 102 Å². The minimum absolute atomic E-state index is 0.0379. The zero-order valence-corrected chi connectivity index (χ0v) is 21.4. The number of halogens is 2. The molecule has 202 valence electrons. The quantitative estimate of drug-likeness (QED) is 0.296. The Kier molecular flexibility index (Phi) is 8.18. The lowest BCUT2D eigenvalue weighted by atomic mass is 10.1. The molecule has 0 unspecified atom stereocenters. The van der Waals surface area contributed by atoms with E-state index in [1.54, 1.807) is 36.4 Å². The van der Waals surface area contributed by atoms with Gasteiger partial charge in [0.2, 0.25) is 5.91 Å². The fourth-order valence-corrected chi connectivity index (χ4v) is 4.39. The molecule has 1 aliphatic heterocycles. The van der Waals surface area contributed by atoms with Gasteiger partial charge in [-0.1, -0.05) is 12.1 Å². The Labute approximate surface area is 224 Å². The molecular formula is C28H28F2N6O3. The van der Waals surface area contributed by atoms with Crippen LogP contribution in [0.2, 0.25) is 0 Å². The zero-order chi connectivity index (χ0) is 27.2. The number of hydrogen-bond donors (Lipinski definition) is 2. The van der Waals surface area contributed by atoms with E-state index in [-0.39, 0.29) is 11.6 Å². The van der Waals surface area contributed by atoms with Crippen molar-refractivity contribution in [2.75, 3.05) is 50.1 Å².